The zero-order chi connectivity index (χ0) is 15.6. The molecule has 0 radical (unpaired) electrons. The van der Waals surface area contributed by atoms with E-state index in [0.29, 0.717) is 23.3 Å². The predicted molar refractivity (Wildman–Crippen MR) is 81.3 cm³/mol. The summed E-state index contributed by atoms with van der Waals surface area (Å²) in [5.74, 6) is 1.50. The summed E-state index contributed by atoms with van der Waals surface area (Å²) >= 11 is 0. The van der Waals surface area contributed by atoms with Gasteiger partial charge in [-0.15, -0.1) is 0 Å². The van der Waals surface area contributed by atoms with Gasteiger partial charge < -0.3 is 5.32 Å². The first-order chi connectivity index (χ1) is 9.80. The molecule has 1 aromatic carbocycles. The number of aryl methyl sites for hydroxylation is 2. The number of nitrogens with zero attached hydrogens (tertiary/aromatic N) is 3. The zero-order valence-corrected chi connectivity index (χ0v) is 13.3. The summed E-state index contributed by atoms with van der Waals surface area (Å²) in [7, 11) is -3.38. The van der Waals surface area contributed by atoms with E-state index in [9.17, 15) is 8.42 Å². The van der Waals surface area contributed by atoms with Crippen LogP contribution in [0.5, 0.6) is 0 Å². The fourth-order valence-electron chi connectivity index (χ4n) is 1.86. The number of hydrogen-bond donors (Lipinski definition) is 1. The molecule has 1 N–H and O–H groups in total. The Kier molecular flexibility index (Phi) is 4.22. The molecule has 0 saturated heterocycles. The molecule has 0 atom stereocenters. The van der Waals surface area contributed by atoms with E-state index >= 15 is 0 Å². The van der Waals surface area contributed by atoms with Gasteiger partial charge in [0.25, 0.3) is 0 Å². The fraction of sp³-hybridized carbons (Fsp3) is 0.357. The highest BCUT2D eigenvalue weighted by Gasteiger charge is 2.22. The Morgan fingerprint density at radius 2 is 1.57 bits per heavy atom. The Labute approximate surface area is 124 Å². The lowest BCUT2D eigenvalue weighted by molar-refractivity contribution is 0.588. The van der Waals surface area contributed by atoms with Gasteiger partial charge in [0.2, 0.25) is 5.95 Å². The van der Waals surface area contributed by atoms with Crippen LogP contribution in [0.15, 0.2) is 29.2 Å². The lowest BCUT2D eigenvalue weighted by Crippen LogP contribution is -2.16. The quantitative estimate of drug-likeness (QED) is 0.933. The summed E-state index contributed by atoms with van der Waals surface area (Å²) < 4.78 is 24.8. The summed E-state index contributed by atoms with van der Waals surface area (Å²) in [5, 5.41) is 2.48. The molecule has 21 heavy (non-hydrogen) atoms. The van der Waals surface area contributed by atoms with Crippen molar-refractivity contribution in [2.45, 2.75) is 37.8 Å². The van der Waals surface area contributed by atoms with Crippen molar-refractivity contribution in [3.05, 3.63) is 35.9 Å². The third-order valence-corrected chi connectivity index (χ3v) is 5.13. The maximum atomic E-state index is 12.4. The summed E-state index contributed by atoms with van der Waals surface area (Å²) in [6, 6.07) is 6.75. The first kappa shape index (κ1) is 15.4. The average molecular weight is 306 g/mol. The summed E-state index contributed by atoms with van der Waals surface area (Å²) in [4.78, 5) is 12.7. The van der Waals surface area contributed by atoms with Gasteiger partial charge in [-0.1, -0.05) is 12.1 Å². The van der Waals surface area contributed by atoms with Crippen LogP contribution in [-0.2, 0) is 9.84 Å². The third kappa shape index (κ3) is 3.36. The molecule has 0 amide bonds. The highest BCUT2D eigenvalue weighted by atomic mass is 32.2. The summed E-state index contributed by atoms with van der Waals surface area (Å²) in [5.41, 5.74) is 0.469. The van der Waals surface area contributed by atoms with Gasteiger partial charge in [0.1, 0.15) is 11.6 Å². The molecule has 0 aliphatic rings. The second-order valence-electron chi connectivity index (χ2n) is 4.97. The van der Waals surface area contributed by atoms with Crippen molar-refractivity contribution >= 4 is 21.5 Å². The van der Waals surface area contributed by atoms with Gasteiger partial charge in [0, 0.05) is 0 Å². The van der Waals surface area contributed by atoms with E-state index < -0.39 is 15.1 Å². The predicted octanol–water partition coefficient (Wildman–Crippen LogP) is 2.41. The maximum absolute atomic E-state index is 12.4. The minimum Gasteiger partial charge on any atom is -0.323 e. The van der Waals surface area contributed by atoms with Gasteiger partial charge in [0.15, 0.2) is 9.84 Å². The SMILES string of the molecule is Cc1nc(C)nc(Nc2ccccc2S(=O)(=O)C(C)C)n1. The molecule has 112 valence electrons. The van der Waals surface area contributed by atoms with Crippen LogP contribution in [0.3, 0.4) is 0 Å². The second-order valence-corrected chi connectivity index (χ2v) is 7.44. The monoisotopic (exact) mass is 306 g/mol. The van der Waals surface area contributed by atoms with E-state index in [1.165, 1.54) is 0 Å². The standard InChI is InChI=1S/C14H18N4O2S/c1-9(2)21(19,20)13-8-6-5-7-12(13)18-14-16-10(3)15-11(4)17-14/h5-9H,1-4H3,(H,15,16,17,18). The average Bonchev–Trinajstić information content (AvgIpc) is 2.37. The van der Waals surface area contributed by atoms with Crippen molar-refractivity contribution in [1.29, 1.82) is 0 Å². The van der Waals surface area contributed by atoms with Crippen LogP contribution in [0.2, 0.25) is 0 Å². The molecular weight excluding hydrogens is 288 g/mol. The summed E-state index contributed by atoms with van der Waals surface area (Å²) in [6.07, 6.45) is 0. The molecule has 0 aliphatic carbocycles. The van der Waals surface area contributed by atoms with Gasteiger partial charge in [-0.25, -0.2) is 13.4 Å². The normalized spacial score (nSPS) is 11.7. The van der Waals surface area contributed by atoms with E-state index in [-0.39, 0.29) is 4.90 Å². The molecule has 0 bridgehead atoms. The van der Waals surface area contributed by atoms with Crippen molar-refractivity contribution < 1.29 is 8.42 Å². The first-order valence-electron chi connectivity index (χ1n) is 6.60. The molecule has 0 aliphatic heterocycles. The third-order valence-electron chi connectivity index (χ3n) is 2.92. The number of sulfone groups is 1. The molecule has 1 heterocycles. The molecule has 7 heteroatoms. The lowest BCUT2D eigenvalue weighted by Gasteiger charge is -2.13. The summed E-state index contributed by atoms with van der Waals surface area (Å²) in [6.45, 7) is 6.83. The Balaban J connectivity index is 2.46. The van der Waals surface area contributed by atoms with Crippen molar-refractivity contribution in [2.24, 2.45) is 0 Å². The zero-order valence-electron chi connectivity index (χ0n) is 12.5. The van der Waals surface area contributed by atoms with Crippen LogP contribution < -0.4 is 5.32 Å². The Morgan fingerprint density at radius 3 is 2.14 bits per heavy atom. The smallest absolute Gasteiger partial charge is 0.230 e. The molecule has 2 aromatic rings. The fourth-order valence-corrected chi connectivity index (χ4v) is 3.07. The van der Waals surface area contributed by atoms with Crippen LogP contribution in [0.4, 0.5) is 11.6 Å². The van der Waals surface area contributed by atoms with Crippen LogP contribution >= 0.6 is 0 Å². The largest absolute Gasteiger partial charge is 0.323 e. The van der Waals surface area contributed by atoms with Gasteiger partial charge in [0.05, 0.1) is 15.8 Å². The number of para-hydroxylation sites is 1. The molecular formula is C14H18N4O2S. The van der Waals surface area contributed by atoms with Gasteiger partial charge >= 0.3 is 0 Å². The molecule has 0 spiro atoms. The molecule has 0 saturated carbocycles. The van der Waals surface area contributed by atoms with Crippen LogP contribution in [-0.4, -0.2) is 28.6 Å². The number of benzene rings is 1. The lowest BCUT2D eigenvalue weighted by atomic mass is 10.3. The topological polar surface area (TPSA) is 84.8 Å². The minimum absolute atomic E-state index is 0.246. The number of rotatable bonds is 4. The van der Waals surface area contributed by atoms with Crippen LogP contribution in [0, 0.1) is 13.8 Å². The van der Waals surface area contributed by atoms with Gasteiger partial charge in [-0.2, -0.15) is 9.97 Å². The van der Waals surface area contributed by atoms with E-state index in [2.05, 4.69) is 20.3 Å². The molecule has 6 nitrogen and oxygen atoms in total. The molecule has 1 aromatic heterocycles. The Hall–Kier alpha value is -2.02. The van der Waals surface area contributed by atoms with Gasteiger partial charge in [-0.3, -0.25) is 0 Å². The minimum atomic E-state index is -3.38. The number of hydrogen-bond acceptors (Lipinski definition) is 6. The first-order valence-corrected chi connectivity index (χ1v) is 8.14. The number of anilines is 2. The second kappa shape index (κ2) is 5.77. The van der Waals surface area contributed by atoms with E-state index in [4.69, 9.17) is 0 Å². The Bertz CT molecular complexity index is 737. The highest BCUT2D eigenvalue weighted by molar-refractivity contribution is 7.92. The van der Waals surface area contributed by atoms with E-state index in [0.717, 1.165) is 0 Å². The number of aromatic nitrogens is 3. The van der Waals surface area contributed by atoms with E-state index in [1.807, 2.05) is 0 Å². The Morgan fingerprint density at radius 1 is 1.00 bits per heavy atom. The maximum Gasteiger partial charge on any atom is 0.230 e. The molecule has 2 rings (SSSR count). The number of nitrogens with one attached hydrogen (secondary N) is 1. The van der Waals surface area contributed by atoms with Crippen LogP contribution in [0.1, 0.15) is 25.5 Å². The van der Waals surface area contributed by atoms with Crippen LogP contribution in [0.25, 0.3) is 0 Å². The highest BCUT2D eigenvalue weighted by Crippen LogP contribution is 2.26. The van der Waals surface area contributed by atoms with Gasteiger partial charge in [-0.05, 0) is 39.8 Å². The van der Waals surface area contributed by atoms with E-state index in [1.54, 1.807) is 52.0 Å². The van der Waals surface area contributed by atoms with Crippen molar-refractivity contribution in [3.8, 4) is 0 Å². The van der Waals surface area contributed by atoms with Crippen molar-refractivity contribution in [1.82, 2.24) is 15.0 Å². The molecule has 0 unspecified atom stereocenters. The van der Waals surface area contributed by atoms with Crippen molar-refractivity contribution in [2.75, 3.05) is 5.32 Å². The molecule has 0 fully saturated rings. The van der Waals surface area contributed by atoms with Crippen molar-refractivity contribution in [3.63, 3.8) is 0 Å².